The van der Waals surface area contributed by atoms with Crippen LogP contribution in [0, 0.1) is 5.92 Å². The minimum atomic E-state index is -0.562. The van der Waals surface area contributed by atoms with Crippen LogP contribution in [0.25, 0.3) is 0 Å². The number of ether oxygens (including phenoxy) is 1. The van der Waals surface area contributed by atoms with Crippen molar-refractivity contribution in [2.24, 2.45) is 11.7 Å². The summed E-state index contributed by atoms with van der Waals surface area (Å²) in [6, 6.07) is -1.08. The van der Waals surface area contributed by atoms with E-state index in [0.717, 1.165) is 0 Å². The van der Waals surface area contributed by atoms with Gasteiger partial charge < -0.3 is 15.8 Å². The third kappa shape index (κ3) is 4.98. The average molecular weight is 254 g/mol. The fraction of sp³-hybridized carbons (Fsp3) is 0.692. The summed E-state index contributed by atoms with van der Waals surface area (Å²) in [4.78, 5) is 23.6. The average Bonchev–Trinajstić information content (AvgIpc) is 2.27. The Morgan fingerprint density at radius 1 is 1.56 bits per heavy atom. The van der Waals surface area contributed by atoms with Gasteiger partial charge in [-0.2, -0.15) is 0 Å². The van der Waals surface area contributed by atoms with Crippen LogP contribution in [-0.4, -0.2) is 37.0 Å². The first-order valence-electron chi connectivity index (χ1n) is 6.32. The van der Waals surface area contributed by atoms with Gasteiger partial charge in [-0.05, 0) is 18.8 Å². The third-order valence-electron chi connectivity index (χ3n) is 2.76. The van der Waals surface area contributed by atoms with Crippen LogP contribution in [0.1, 0.15) is 26.7 Å². The summed E-state index contributed by atoms with van der Waals surface area (Å²) >= 11 is 0. The number of carbonyl (C=O) groups excluding carboxylic acids is 2. The van der Waals surface area contributed by atoms with Gasteiger partial charge in [-0.3, -0.25) is 9.59 Å². The molecule has 0 saturated carbocycles. The van der Waals surface area contributed by atoms with E-state index in [-0.39, 0.29) is 18.3 Å². The van der Waals surface area contributed by atoms with E-state index in [1.807, 2.05) is 26.0 Å². The number of ketones is 1. The molecule has 0 fully saturated rings. The Bertz CT molecular complexity index is 326. The predicted octanol–water partition coefficient (Wildman–Crippen LogP) is 0.390. The Morgan fingerprint density at radius 3 is 2.94 bits per heavy atom. The molecule has 0 saturated heterocycles. The third-order valence-corrected chi connectivity index (χ3v) is 2.76. The maximum atomic E-state index is 11.8. The minimum absolute atomic E-state index is 0.0364. The Hall–Kier alpha value is -1.20. The Morgan fingerprint density at radius 2 is 2.28 bits per heavy atom. The highest BCUT2D eigenvalue weighted by molar-refractivity contribution is 5.91. The molecule has 102 valence electrons. The molecule has 1 amide bonds. The molecule has 1 aliphatic rings. The molecule has 0 aromatic rings. The van der Waals surface area contributed by atoms with Crippen LogP contribution < -0.4 is 11.1 Å². The van der Waals surface area contributed by atoms with Crippen LogP contribution >= 0.6 is 0 Å². The summed E-state index contributed by atoms with van der Waals surface area (Å²) < 4.78 is 5.10. The second-order valence-corrected chi connectivity index (χ2v) is 4.99. The molecular formula is C13H22N2O3. The highest BCUT2D eigenvalue weighted by atomic mass is 16.5. The number of hydrogen-bond acceptors (Lipinski definition) is 4. The molecule has 18 heavy (non-hydrogen) atoms. The smallest absolute Gasteiger partial charge is 0.237 e. The molecule has 1 heterocycles. The van der Waals surface area contributed by atoms with Gasteiger partial charge in [-0.15, -0.1) is 0 Å². The molecule has 3 N–H and O–H groups in total. The topological polar surface area (TPSA) is 81.4 Å². The first-order valence-corrected chi connectivity index (χ1v) is 6.32. The van der Waals surface area contributed by atoms with Gasteiger partial charge in [0, 0.05) is 0 Å². The van der Waals surface area contributed by atoms with E-state index < -0.39 is 12.1 Å². The molecule has 1 aliphatic heterocycles. The van der Waals surface area contributed by atoms with Crippen molar-refractivity contribution in [2.45, 2.75) is 38.8 Å². The van der Waals surface area contributed by atoms with Crippen LogP contribution in [0.2, 0.25) is 0 Å². The molecule has 1 rings (SSSR count). The Kier molecular flexibility index (Phi) is 6.01. The molecule has 0 aliphatic carbocycles. The number of rotatable bonds is 4. The number of nitrogens with two attached hydrogens (primary N) is 1. The highest BCUT2D eigenvalue weighted by Gasteiger charge is 2.23. The van der Waals surface area contributed by atoms with Gasteiger partial charge in [-0.25, -0.2) is 0 Å². The van der Waals surface area contributed by atoms with E-state index in [9.17, 15) is 9.59 Å². The van der Waals surface area contributed by atoms with Crippen molar-refractivity contribution < 1.29 is 14.3 Å². The van der Waals surface area contributed by atoms with Crippen LogP contribution in [0.4, 0.5) is 0 Å². The summed E-state index contributed by atoms with van der Waals surface area (Å²) in [6.45, 7) is 4.49. The SMILES string of the molecule is CC(C)C[C@H](N)C(=O)NC1CC=CCOCC1=O. The molecule has 0 aromatic carbocycles. The maximum Gasteiger partial charge on any atom is 0.237 e. The molecule has 0 bridgehead atoms. The quantitative estimate of drug-likeness (QED) is 0.711. The van der Waals surface area contributed by atoms with Gasteiger partial charge in [-0.1, -0.05) is 26.0 Å². The molecule has 2 atom stereocenters. The van der Waals surface area contributed by atoms with E-state index in [2.05, 4.69) is 5.32 Å². The van der Waals surface area contributed by atoms with E-state index >= 15 is 0 Å². The van der Waals surface area contributed by atoms with Crippen LogP contribution in [0.5, 0.6) is 0 Å². The summed E-state index contributed by atoms with van der Waals surface area (Å²) in [5.74, 6) is -0.0255. The van der Waals surface area contributed by atoms with Crippen molar-refractivity contribution in [1.29, 1.82) is 0 Å². The highest BCUT2D eigenvalue weighted by Crippen LogP contribution is 2.05. The first-order chi connectivity index (χ1) is 8.50. The number of hydrogen-bond donors (Lipinski definition) is 2. The molecular weight excluding hydrogens is 232 g/mol. The Balaban J connectivity index is 2.52. The Labute approximate surface area is 108 Å². The second-order valence-electron chi connectivity index (χ2n) is 4.99. The number of amides is 1. The normalized spacial score (nSPS) is 22.4. The molecule has 0 aromatic heterocycles. The van der Waals surface area contributed by atoms with Crippen molar-refractivity contribution in [1.82, 2.24) is 5.32 Å². The lowest BCUT2D eigenvalue weighted by molar-refractivity contribution is -0.131. The van der Waals surface area contributed by atoms with E-state index in [1.165, 1.54) is 0 Å². The molecule has 0 spiro atoms. The standard InChI is InChI=1S/C13H22N2O3/c1-9(2)7-10(14)13(17)15-11-5-3-4-6-18-8-12(11)16/h3-4,9-11H,5-8,14H2,1-2H3,(H,15,17)/t10-,11?/m0/s1. The molecule has 5 nitrogen and oxygen atoms in total. The van der Waals surface area contributed by atoms with Gasteiger partial charge >= 0.3 is 0 Å². The number of carbonyl (C=O) groups is 2. The van der Waals surface area contributed by atoms with E-state index in [0.29, 0.717) is 25.4 Å². The second kappa shape index (κ2) is 7.28. The lowest BCUT2D eigenvalue weighted by atomic mass is 10.0. The van der Waals surface area contributed by atoms with Crippen LogP contribution in [0.15, 0.2) is 12.2 Å². The summed E-state index contributed by atoms with van der Waals surface area (Å²) in [6.07, 6.45) is 4.80. The first kappa shape index (κ1) is 14.9. The van der Waals surface area contributed by atoms with E-state index in [4.69, 9.17) is 10.5 Å². The molecule has 5 heteroatoms. The zero-order valence-corrected chi connectivity index (χ0v) is 11.0. The van der Waals surface area contributed by atoms with Gasteiger partial charge in [0.2, 0.25) is 5.91 Å². The summed E-state index contributed by atoms with van der Waals surface area (Å²) in [5, 5.41) is 2.70. The monoisotopic (exact) mass is 254 g/mol. The fourth-order valence-electron chi connectivity index (χ4n) is 1.79. The lowest BCUT2D eigenvalue weighted by Gasteiger charge is -2.21. The molecule has 0 radical (unpaired) electrons. The summed E-state index contributed by atoms with van der Waals surface area (Å²) in [5.41, 5.74) is 5.78. The van der Waals surface area contributed by atoms with Crippen molar-refractivity contribution in [3.63, 3.8) is 0 Å². The lowest BCUT2D eigenvalue weighted by Crippen LogP contribution is -2.49. The minimum Gasteiger partial charge on any atom is -0.370 e. The van der Waals surface area contributed by atoms with Gasteiger partial charge in [0.1, 0.15) is 6.61 Å². The number of nitrogens with one attached hydrogen (secondary N) is 1. The van der Waals surface area contributed by atoms with Crippen LogP contribution in [-0.2, 0) is 14.3 Å². The molecule has 1 unspecified atom stereocenters. The van der Waals surface area contributed by atoms with Crippen molar-refractivity contribution in [3.05, 3.63) is 12.2 Å². The van der Waals surface area contributed by atoms with Gasteiger partial charge in [0.25, 0.3) is 0 Å². The van der Waals surface area contributed by atoms with Crippen LogP contribution in [0.3, 0.4) is 0 Å². The predicted molar refractivity (Wildman–Crippen MR) is 68.9 cm³/mol. The zero-order chi connectivity index (χ0) is 13.5. The van der Waals surface area contributed by atoms with Crippen molar-refractivity contribution in [3.8, 4) is 0 Å². The van der Waals surface area contributed by atoms with Gasteiger partial charge in [0.15, 0.2) is 5.78 Å². The summed E-state index contributed by atoms with van der Waals surface area (Å²) in [7, 11) is 0. The van der Waals surface area contributed by atoms with Crippen molar-refractivity contribution in [2.75, 3.05) is 13.2 Å². The van der Waals surface area contributed by atoms with E-state index in [1.54, 1.807) is 0 Å². The number of Topliss-reactive ketones (excluding diaryl/α,β-unsaturated/α-hetero) is 1. The fourth-order valence-corrected chi connectivity index (χ4v) is 1.79. The zero-order valence-electron chi connectivity index (χ0n) is 11.0. The maximum absolute atomic E-state index is 11.8. The van der Waals surface area contributed by atoms with Gasteiger partial charge in [0.05, 0.1) is 18.7 Å². The van der Waals surface area contributed by atoms with Crippen molar-refractivity contribution >= 4 is 11.7 Å². The largest absolute Gasteiger partial charge is 0.370 e.